The van der Waals surface area contributed by atoms with Crippen molar-refractivity contribution < 1.29 is 26.4 Å². The number of carbonyl (C=O) groups is 1. The van der Waals surface area contributed by atoms with Gasteiger partial charge >= 0.3 is 6.03 Å². The first-order valence-electron chi connectivity index (χ1n) is 9.46. The number of aromatic amines is 1. The third-order valence-corrected chi connectivity index (χ3v) is 6.95. The van der Waals surface area contributed by atoms with E-state index < -0.39 is 56.4 Å². The van der Waals surface area contributed by atoms with Gasteiger partial charge in [0.25, 0.3) is 5.56 Å². The van der Waals surface area contributed by atoms with E-state index in [1.54, 1.807) is 0 Å². The van der Waals surface area contributed by atoms with Crippen LogP contribution in [0.15, 0.2) is 35.1 Å². The largest absolute Gasteiger partial charge is 0.324 e. The van der Waals surface area contributed by atoms with Crippen molar-refractivity contribution in [3.05, 3.63) is 80.8 Å². The summed E-state index contributed by atoms with van der Waals surface area (Å²) >= 11 is 0. The van der Waals surface area contributed by atoms with Crippen LogP contribution in [0.2, 0.25) is 0 Å². The molecule has 0 radical (unpaired) electrons. The molecular weight excluding hydrogens is 461 g/mol. The molecule has 0 spiro atoms. The standard InChI is InChI=1S/C21H15F3N4O4S/c1-25-16-5-10(3-4-13(16)22)26-21(30)28(2)18-9-33(31,32)8-17-19(18)11-6-14(23)15(24)7-12(11)20(29)27-17/h3-7,18H,8-9H2,2H3,(H,26,30)(H,27,29). The molecule has 4 rings (SSSR count). The Morgan fingerprint density at radius 3 is 2.48 bits per heavy atom. The number of benzene rings is 2. The molecule has 8 nitrogen and oxygen atoms in total. The molecular formula is C21H15F3N4O4S. The molecule has 12 heteroatoms. The van der Waals surface area contributed by atoms with Crippen LogP contribution in [0.5, 0.6) is 0 Å². The van der Waals surface area contributed by atoms with Gasteiger partial charge in [0, 0.05) is 24.0 Å². The molecule has 170 valence electrons. The van der Waals surface area contributed by atoms with E-state index in [0.29, 0.717) is 6.07 Å². The number of amides is 2. The second-order valence-corrected chi connectivity index (χ2v) is 9.66. The van der Waals surface area contributed by atoms with Gasteiger partial charge in [-0.2, -0.15) is 0 Å². The van der Waals surface area contributed by atoms with Crippen LogP contribution in [0.3, 0.4) is 0 Å². The summed E-state index contributed by atoms with van der Waals surface area (Å²) in [5.74, 6) is -4.31. The highest BCUT2D eigenvalue weighted by Gasteiger charge is 2.37. The van der Waals surface area contributed by atoms with Gasteiger partial charge in [-0.25, -0.2) is 31.2 Å². The van der Waals surface area contributed by atoms with E-state index in [9.17, 15) is 31.2 Å². The number of rotatable bonds is 2. The molecule has 0 aliphatic carbocycles. The fourth-order valence-corrected chi connectivity index (χ4v) is 5.48. The number of hydrogen-bond acceptors (Lipinski definition) is 4. The zero-order chi connectivity index (χ0) is 24.1. The van der Waals surface area contributed by atoms with E-state index in [2.05, 4.69) is 15.1 Å². The number of hydrogen-bond donors (Lipinski definition) is 2. The smallest absolute Gasteiger partial charge is 0.322 e. The lowest BCUT2D eigenvalue weighted by Crippen LogP contribution is -2.41. The van der Waals surface area contributed by atoms with Crippen LogP contribution in [0.25, 0.3) is 15.6 Å². The van der Waals surface area contributed by atoms with Crippen molar-refractivity contribution >= 4 is 38.0 Å². The van der Waals surface area contributed by atoms with E-state index >= 15 is 0 Å². The summed E-state index contributed by atoms with van der Waals surface area (Å²) in [6.07, 6.45) is 0. The van der Waals surface area contributed by atoms with Crippen LogP contribution in [-0.4, -0.2) is 37.1 Å². The van der Waals surface area contributed by atoms with E-state index in [4.69, 9.17) is 6.57 Å². The monoisotopic (exact) mass is 476 g/mol. The Morgan fingerprint density at radius 1 is 1.15 bits per heavy atom. The summed E-state index contributed by atoms with van der Waals surface area (Å²) < 4.78 is 66.4. The number of nitrogens with one attached hydrogen (secondary N) is 2. The minimum absolute atomic E-state index is 0.00993. The maximum absolute atomic E-state index is 14.0. The number of sulfone groups is 1. The van der Waals surface area contributed by atoms with E-state index in [1.807, 2.05) is 0 Å². The third kappa shape index (κ3) is 4.03. The predicted octanol–water partition coefficient (Wildman–Crippen LogP) is 3.63. The summed E-state index contributed by atoms with van der Waals surface area (Å²) in [6.45, 7) is 6.97. The van der Waals surface area contributed by atoms with Crippen molar-refractivity contribution in [1.82, 2.24) is 9.88 Å². The van der Waals surface area contributed by atoms with Gasteiger partial charge in [-0.05, 0) is 35.7 Å². The van der Waals surface area contributed by atoms with Crippen molar-refractivity contribution in [1.29, 1.82) is 0 Å². The molecule has 1 aliphatic rings. The first kappa shape index (κ1) is 22.3. The fourth-order valence-electron chi connectivity index (χ4n) is 3.82. The predicted molar refractivity (Wildman–Crippen MR) is 114 cm³/mol. The highest BCUT2D eigenvalue weighted by Crippen LogP contribution is 2.36. The molecule has 1 aliphatic heterocycles. The minimum atomic E-state index is -3.77. The van der Waals surface area contributed by atoms with Crippen molar-refractivity contribution in [3.63, 3.8) is 0 Å². The molecule has 2 amide bonds. The van der Waals surface area contributed by atoms with Crippen LogP contribution in [-0.2, 0) is 15.6 Å². The molecule has 2 heterocycles. The molecule has 0 saturated carbocycles. The number of pyridine rings is 1. The lowest BCUT2D eigenvalue weighted by molar-refractivity contribution is 0.208. The Balaban J connectivity index is 1.80. The SMILES string of the molecule is [C-]#[N+]c1cc(NC(=O)N(C)C2CS(=O)(=O)Cc3[nH]c(=O)c4cc(F)c(F)cc4c32)ccc1F. The quantitative estimate of drug-likeness (QED) is 0.552. The van der Waals surface area contributed by atoms with Gasteiger partial charge in [-0.3, -0.25) is 4.79 Å². The number of H-pyrrole nitrogens is 1. The first-order chi connectivity index (χ1) is 15.5. The lowest BCUT2D eigenvalue weighted by Gasteiger charge is -2.33. The zero-order valence-corrected chi connectivity index (χ0v) is 17.8. The summed E-state index contributed by atoms with van der Waals surface area (Å²) in [4.78, 5) is 31.7. The molecule has 2 aromatic carbocycles. The van der Waals surface area contributed by atoms with Gasteiger partial charge in [0.2, 0.25) is 5.69 Å². The average molecular weight is 476 g/mol. The highest BCUT2D eigenvalue weighted by atomic mass is 32.2. The Bertz CT molecular complexity index is 1530. The normalized spacial score (nSPS) is 16.6. The molecule has 2 N–H and O–H groups in total. The number of urea groups is 1. The van der Waals surface area contributed by atoms with E-state index in [1.165, 1.54) is 13.1 Å². The zero-order valence-electron chi connectivity index (χ0n) is 16.9. The molecule has 33 heavy (non-hydrogen) atoms. The van der Waals surface area contributed by atoms with Gasteiger partial charge < -0.3 is 15.2 Å². The molecule has 1 atom stereocenters. The summed E-state index contributed by atoms with van der Waals surface area (Å²) in [7, 11) is -2.47. The van der Waals surface area contributed by atoms with Gasteiger partial charge in [0.15, 0.2) is 21.5 Å². The van der Waals surface area contributed by atoms with Crippen LogP contribution < -0.4 is 10.9 Å². The summed E-state index contributed by atoms with van der Waals surface area (Å²) in [6, 6.07) is 2.91. The Kier molecular flexibility index (Phi) is 5.37. The van der Waals surface area contributed by atoms with Gasteiger partial charge in [0.05, 0.1) is 29.5 Å². The minimum Gasteiger partial charge on any atom is -0.324 e. The number of nitrogens with zero attached hydrogens (tertiary/aromatic N) is 2. The third-order valence-electron chi connectivity index (χ3n) is 5.40. The molecule has 0 saturated heterocycles. The van der Waals surface area contributed by atoms with Crippen LogP contribution >= 0.6 is 0 Å². The topological polar surface area (TPSA) is 104 Å². The number of aromatic nitrogens is 1. The number of carbonyl (C=O) groups excluding carboxylic acids is 1. The van der Waals surface area contributed by atoms with E-state index in [-0.39, 0.29) is 33.4 Å². The fraction of sp³-hybridized carbons (Fsp3) is 0.190. The first-order valence-corrected chi connectivity index (χ1v) is 11.3. The summed E-state index contributed by atoms with van der Waals surface area (Å²) in [5, 5.41) is 2.26. The van der Waals surface area contributed by atoms with Crippen molar-refractivity contribution in [2.75, 3.05) is 18.1 Å². The second kappa shape index (κ2) is 7.93. The molecule has 0 bridgehead atoms. The maximum atomic E-state index is 14.0. The van der Waals surface area contributed by atoms with E-state index in [0.717, 1.165) is 23.1 Å². The number of fused-ring (bicyclic) bond motifs is 3. The molecule has 0 fully saturated rings. The Labute approximate surface area is 185 Å². The van der Waals surface area contributed by atoms with Crippen LogP contribution in [0.1, 0.15) is 17.3 Å². The lowest BCUT2D eigenvalue weighted by atomic mass is 9.97. The number of anilines is 1. The van der Waals surface area contributed by atoms with Crippen molar-refractivity contribution in [3.8, 4) is 0 Å². The van der Waals surface area contributed by atoms with Gasteiger partial charge in [0.1, 0.15) is 5.82 Å². The average Bonchev–Trinajstić information content (AvgIpc) is 2.74. The van der Waals surface area contributed by atoms with Gasteiger partial charge in [-0.15, -0.1) is 0 Å². The highest BCUT2D eigenvalue weighted by molar-refractivity contribution is 7.90. The maximum Gasteiger partial charge on any atom is 0.322 e. The van der Waals surface area contributed by atoms with Gasteiger partial charge in [-0.1, -0.05) is 0 Å². The molecule has 1 unspecified atom stereocenters. The van der Waals surface area contributed by atoms with Crippen LogP contribution in [0.4, 0.5) is 29.3 Å². The molecule has 3 aromatic rings. The summed E-state index contributed by atoms with van der Waals surface area (Å²) in [5.41, 5.74) is -0.855. The van der Waals surface area contributed by atoms with Crippen molar-refractivity contribution in [2.24, 2.45) is 0 Å². The number of halogens is 3. The second-order valence-electron chi connectivity index (χ2n) is 7.55. The van der Waals surface area contributed by atoms with Crippen LogP contribution in [0, 0.1) is 24.0 Å². The Morgan fingerprint density at radius 2 is 1.82 bits per heavy atom. The molecule has 1 aromatic heterocycles. The Hall–Kier alpha value is -3.85. The van der Waals surface area contributed by atoms with Crippen molar-refractivity contribution in [2.45, 2.75) is 11.8 Å².